The Hall–Kier alpha value is -1.75. The van der Waals surface area contributed by atoms with Gasteiger partial charge in [-0.1, -0.05) is 6.92 Å². The van der Waals surface area contributed by atoms with Crippen LogP contribution in [0.2, 0.25) is 0 Å². The average Bonchev–Trinajstić information content (AvgIpc) is 3.03. The quantitative estimate of drug-likeness (QED) is 0.816. The monoisotopic (exact) mass is 259 g/mol. The van der Waals surface area contributed by atoms with E-state index in [0.717, 1.165) is 47.9 Å². The molecule has 1 unspecified atom stereocenters. The maximum Gasteiger partial charge on any atom is 0.163 e. The summed E-state index contributed by atoms with van der Waals surface area (Å²) in [5.74, 6) is 2.66. The number of benzene rings is 1. The van der Waals surface area contributed by atoms with E-state index >= 15 is 0 Å². The number of H-pyrrole nitrogens is 1. The molecule has 5 heteroatoms. The van der Waals surface area contributed by atoms with Crippen molar-refractivity contribution in [2.45, 2.75) is 18.8 Å². The highest BCUT2D eigenvalue weighted by atomic mass is 16.6. The molecule has 1 aromatic heterocycles. The molecule has 2 aliphatic rings. The molecule has 2 N–H and O–H groups in total. The summed E-state index contributed by atoms with van der Waals surface area (Å²) >= 11 is 0. The summed E-state index contributed by atoms with van der Waals surface area (Å²) in [6, 6.07) is 3.96. The molecular formula is C14H17N3O2. The highest BCUT2D eigenvalue weighted by Crippen LogP contribution is 2.36. The molecule has 0 amide bonds. The number of nitrogens with one attached hydrogen (secondary N) is 2. The molecule has 0 radical (unpaired) electrons. The van der Waals surface area contributed by atoms with Gasteiger partial charge in [0, 0.05) is 24.1 Å². The summed E-state index contributed by atoms with van der Waals surface area (Å²) < 4.78 is 11.2. The zero-order valence-corrected chi connectivity index (χ0v) is 11.0. The van der Waals surface area contributed by atoms with E-state index in [0.29, 0.717) is 13.2 Å². The van der Waals surface area contributed by atoms with Crippen LogP contribution in [-0.2, 0) is 5.41 Å². The van der Waals surface area contributed by atoms with Crippen LogP contribution in [0.25, 0.3) is 11.0 Å². The van der Waals surface area contributed by atoms with Crippen molar-refractivity contribution in [3.05, 3.63) is 18.0 Å². The molecule has 100 valence electrons. The van der Waals surface area contributed by atoms with Crippen LogP contribution in [0.3, 0.4) is 0 Å². The van der Waals surface area contributed by atoms with Crippen molar-refractivity contribution in [2.75, 3.05) is 26.3 Å². The van der Waals surface area contributed by atoms with Gasteiger partial charge >= 0.3 is 0 Å². The normalized spacial score (nSPS) is 25.9. The third-order valence-corrected chi connectivity index (χ3v) is 4.09. The second-order valence-electron chi connectivity index (χ2n) is 5.59. The van der Waals surface area contributed by atoms with Gasteiger partial charge in [-0.25, -0.2) is 4.98 Å². The molecule has 2 aliphatic heterocycles. The van der Waals surface area contributed by atoms with Gasteiger partial charge in [0.25, 0.3) is 0 Å². The van der Waals surface area contributed by atoms with Crippen LogP contribution in [0.5, 0.6) is 11.5 Å². The molecule has 0 aliphatic carbocycles. The molecular weight excluding hydrogens is 242 g/mol. The van der Waals surface area contributed by atoms with Gasteiger partial charge in [-0.05, 0) is 13.0 Å². The molecule has 1 saturated heterocycles. The van der Waals surface area contributed by atoms with Gasteiger partial charge in [-0.2, -0.15) is 0 Å². The van der Waals surface area contributed by atoms with Crippen LogP contribution in [0.1, 0.15) is 19.2 Å². The maximum absolute atomic E-state index is 5.61. The molecule has 0 bridgehead atoms. The topological polar surface area (TPSA) is 59.2 Å². The van der Waals surface area contributed by atoms with Gasteiger partial charge in [0.15, 0.2) is 11.5 Å². The molecule has 1 fully saturated rings. The van der Waals surface area contributed by atoms with E-state index in [-0.39, 0.29) is 5.41 Å². The predicted octanol–water partition coefficient (Wildman–Crippen LogP) is 1.59. The van der Waals surface area contributed by atoms with E-state index in [1.165, 1.54) is 0 Å². The highest BCUT2D eigenvalue weighted by molar-refractivity contribution is 5.80. The van der Waals surface area contributed by atoms with E-state index < -0.39 is 0 Å². The first-order chi connectivity index (χ1) is 9.24. The number of imidazole rings is 1. The van der Waals surface area contributed by atoms with Crippen molar-refractivity contribution in [2.24, 2.45) is 0 Å². The standard InChI is InChI=1S/C14H17N3O2/c1-14(2-3-15-8-14)13-16-9-6-11-12(7-10(9)17-13)19-5-4-18-11/h6-7,15H,2-5,8H2,1H3,(H,16,17). The summed E-state index contributed by atoms with van der Waals surface area (Å²) in [6.45, 7) is 5.49. The molecule has 3 heterocycles. The molecule has 0 spiro atoms. The lowest BCUT2D eigenvalue weighted by atomic mass is 9.89. The Balaban J connectivity index is 1.82. The van der Waals surface area contributed by atoms with Gasteiger partial charge in [0.05, 0.1) is 11.0 Å². The van der Waals surface area contributed by atoms with E-state index in [4.69, 9.17) is 14.5 Å². The first-order valence-corrected chi connectivity index (χ1v) is 6.75. The minimum Gasteiger partial charge on any atom is -0.486 e. The fraction of sp³-hybridized carbons (Fsp3) is 0.500. The van der Waals surface area contributed by atoms with Crippen LogP contribution in [0, 0.1) is 0 Å². The summed E-state index contributed by atoms with van der Waals surface area (Å²) in [5, 5.41) is 3.40. The van der Waals surface area contributed by atoms with Crippen LogP contribution >= 0.6 is 0 Å². The largest absolute Gasteiger partial charge is 0.486 e. The van der Waals surface area contributed by atoms with Crippen molar-refractivity contribution in [3.63, 3.8) is 0 Å². The molecule has 19 heavy (non-hydrogen) atoms. The van der Waals surface area contributed by atoms with Gasteiger partial charge < -0.3 is 19.8 Å². The molecule has 2 aromatic rings. The van der Waals surface area contributed by atoms with Crippen LogP contribution in [-0.4, -0.2) is 36.3 Å². The molecule has 4 rings (SSSR count). The summed E-state index contributed by atoms with van der Waals surface area (Å²) in [5.41, 5.74) is 2.07. The molecule has 5 nitrogen and oxygen atoms in total. The zero-order valence-electron chi connectivity index (χ0n) is 11.0. The Morgan fingerprint density at radius 1 is 1.21 bits per heavy atom. The number of aromatic nitrogens is 2. The third kappa shape index (κ3) is 1.69. The summed E-state index contributed by atoms with van der Waals surface area (Å²) in [6.07, 6.45) is 1.11. The molecule has 1 aromatic carbocycles. The fourth-order valence-electron chi connectivity index (χ4n) is 2.85. The Morgan fingerprint density at radius 3 is 2.74 bits per heavy atom. The van der Waals surface area contributed by atoms with Crippen LogP contribution < -0.4 is 14.8 Å². The lowest BCUT2D eigenvalue weighted by molar-refractivity contribution is 0.172. The Labute approximate surface area is 111 Å². The number of ether oxygens (including phenoxy) is 2. The Morgan fingerprint density at radius 2 is 2.00 bits per heavy atom. The van der Waals surface area contributed by atoms with Gasteiger partial charge in [0.2, 0.25) is 0 Å². The van der Waals surface area contributed by atoms with Crippen molar-refractivity contribution in [1.82, 2.24) is 15.3 Å². The average molecular weight is 259 g/mol. The van der Waals surface area contributed by atoms with Gasteiger partial charge in [-0.3, -0.25) is 0 Å². The number of aromatic amines is 1. The second kappa shape index (κ2) is 3.87. The summed E-state index contributed by atoms with van der Waals surface area (Å²) in [4.78, 5) is 8.18. The van der Waals surface area contributed by atoms with Crippen molar-refractivity contribution in [1.29, 1.82) is 0 Å². The minimum absolute atomic E-state index is 0.0985. The first kappa shape index (κ1) is 11.1. The zero-order chi connectivity index (χ0) is 12.9. The smallest absolute Gasteiger partial charge is 0.163 e. The van der Waals surface area contributed by atoms with E-state index in [1.54, 1.807) is 0 Å². The second-order valence-corrected chi connectivity index (χ2v) is 5.59. The number of nitrogens with zero attached hydrogens (tertiary/aromatic N) is 1. The van der Waals surface area contributed by atoms with Crippen LogP contribution in [0.15, 0.2) is 12.1 Å². The van der Waals surface area contributed by atoms with Crippen molar-refractivity contribution >= 4 is 11.0 Å². The van der Waals surface area contributed by atoms with Crippen molar-refractivity contribution < 1.29 is 9.47 Å². The van der Waals surface area contributed by atoms with E-state index in [1.807, 2.05) is 12.1 Å². The maximum atomic E-state index is 5.61. The number of rotatable bonds is 1. The SMILES string of the molecule is CC1(c2nc3cc4c(cc3[nH]2)OCCO4)CCNC1. The summed E-state index contributed by atoms with van der Waals surface area (Å²) in [7, 11) is 0. The van der Waals surface area contributed by atoms with Crippen molar-refractivity contribution in [3.8, 4) is 11.5 Å². The lowest BCUT2D eigenvalue weighted by Gasteiger charge is -2.18. The lowest BCUT2D eigenvalue weighted by Crippen LogP contribution is -2.26. The number of fused-ring (bicyclic) bond motifs is 2. The third-order valence-electron chi connectivity index (χ3n) is 4.09. The minimum atomic E-state index is 0.0985. The van der Waals surface area contributed by atoms with Gasteiger partial charge in [0.1, 0.15) is 19.0 Å². The fourth-order valence-corrected chi connectivity index (χ4v) is 2.85. The highest BCUT2D eigenvalue weighted by Gasteiger charge is 2.33. The number of hydrogen-bond donors (Lipinski definition) is 2. The molecule has 0 saturated carbocycles. The first-order valence-electron chi connectivity index (χ1n) is 6.75. The van der Waals surface area contributed by atoms with Gasteiger partial charge in [-0.15, -0.1) is 0 Å². The Kier molecular flexibility index (Phi) is 2.26. The number of hydrogen-bond acceptors (Lipinski definition) is 4. The Bertz CT molecular complexity index is 586. The van der Waals surface area contributed by atoms with Crippen LogP contribution in [0.4, 0.5) is 0 Å². The van der Waals surface area contributed by atoms with E-state index in [9.17, 15) is 0 Å². The molecule has 1 atom stereocenters. The predicted molar refractivity (Wildman–Crippen MR) is 71.9 cm³/mol. The van der Waals surface area contributed by atoms with E-state index in [2.05, 4.69) is 17.2 Å².